The molecule has 2 rings (SSSR count). The van der Waals surface area contributed by atoms with E-state index in [0.717, 1.165) is 12.8 Å². The standard InChI is InChI=1S/C26H43BN2O6/c1-24(2,3)33-23(31)28-20(17-18-32-8)22(30)29-21(16-12-15-19-13-10-9-11-14-19)27-34-25(4,5)26(6,7)35-27/h9-11,13-14,20-21H,12,15-18H2,1-8H3,(H,28,31)(H,29,30)/t20-,21+/m1/s1. The van der Waals surface area contributed by atoms with Crippen LogP contribution >= 0.6 is 0 Å². The van der Waals surface area contributed by atoms with E-state index in [9.17, 15) is 9.59 Å². The maximum absolute atomic E-state index is 13.3. The summed E-state index contributed by atoms with van der Waals surface area (Å²) in [6, 6.07) is 9.40. The van der Waals surface area contributed by atoms with E-state index < -0.39 is 42.0 Å². The Kier molecular flexibility index (Phi) is 10.2. The number of hydrogen-bond acceptors (Lipinski definition) is 6. The molecule has 1 aliphatic rings. The van der Waals surface area contributed by atoms with Crippen LogP contribution < -0.4 is 10.6 Å². The fraction of sp³-hybridized carbons (Fsp3) is 0.692. The highest BCUT2D eigenvalue weighted by Crippen LogP contribution is 2.38. The molecule has 0 radical (unpaired) electrons. The molecule has 2 atom stereocenters. The van der Waals surface area contributed by atoms with Gasteiger partial charge >= 0.3 is 13.2 Å². The molecule has 1 saturated heterocycles. The Hall–Kier alpha value is -2.10. The second kappa shape index (κ2) is 12.2. The molecular weight excluding hydrogens is 447 g/mol. The summed E-state index contributed by atoms with van der Waals surface area (Å²) in [5.74, 6) is -0.718. The van der Waals surface area contributed by atoms with Crippen molar-refractivity contribution in [1.82, 2.24) is 10.6 Å². The first-order chi connectivity index (χ1) is 16.2. The lowest BCUT2D eigenvalue weighted by atomic mass is 9.75. The van der Waals surface area contributed by atoms with Gasteiger partial charge in [0.05, 0.1) is 17.1 Å². The largest absolute Gasteiger partial charge is 0.481 e. The molecule has 35 heavy (non-hydrogen) atoms. The van der Waals surface area contributed by atoms with E-state index in [1.807, 2.05) is 45.9 Å². The molecule has 1 fully saturated rings. The van der Waals surface area contributed by atoms with Crippen molar-refractivity contribution in [2.24, 2.45) is 0 Å². The number of rotatable bonds is 11. The summed E-state index contributed by atoms with van der Waals surface area (Å²) < 4.78 is 23.0. The molecule has 8 nitrogen and oxygen atoms in total. The highest BCUT2D eigenvalue weighted by molar-refractivity contribution is 6.48. The minimum Gasteiger partial charge on any atom is -0.444 e. The Bertz CT molecular complexity index is 809. The van der Waals surface area contributed by atoms with Crippen molar-refractivity contribution >= 4 is 19.1 Å². The average Bonchev–Trinajstić information content (AvgIpc) is 2.96. The molecule has 0 unspecified atom stereocenters. The predicted molar refractivity (Wildman–Crippen MR) is 137 cm³/mol. The van der Waals surface area contributed by atoms with Gasteiger partial charge in [-0.05, 0) is 73.3 Å². The minimum atomic E-state index is -0.816. The summed E-state index contributed by atoms with van der Waals surface area (Å²) in [7, 11) is 0.948. The van der Waals surface area contributed by atoms with Crippen LogP contribution in [-0.4, -0.2) is 61.6 Å². The van der Waals surface area contributed by atoms with Gasteiger partial charge in [0.2, 0.25) is 5.91 Å². The summed E-state index contributed by atoms with van der Waals surface area (Å²) in [6.07, 6.45) is 2.02. The van der Waals surface area contributed by atoms with Crippen LogP contribution in [0.4, 0.5) is 4.79 Å². The van der Waals surface area contributed by atoms with Crippen molar-refractivity contribution in [2.75, 3.05) is 13.7 Å². The second-order valence-electron chi connectivity index (χ2n) is 11.1. The number of alkyl carbamates (subject to hydrolysis) is 1. The third-order valence-corrected chi connectivity index (χ3v) is 6.37. The Balaban J connectivity index is 2.13. The zero-order chi connectivity index (χ0) is 26.3. The van der Waals surface area contributed by atoms with Gasteiger partial charge in [0.15, 0.2) is 0 Å². The first-order valence-corrected chi connectivity index (χ1v) is 12.4. The van der Waals surface area contributed by atoms with Crippen molar-refractivity contribution in [1.29, 1.82) is 0 Å². The number of methoxy groups -OCH3 is 1. The van der Waals surface area contributed by atoms with E-state index in [1.165, 1.54) is 5.56 Å². The third kappa shape index (κ3) is 9.13. The van der Waals surface area contributed by atoms with Crippen LogP contribution in [0.25, 0.3) is 0 Å². The van der Waals surface area contributed by atoms with E-state index in [2.05, 4.69) is 22.8 Å². The van der Waals surface area contributed by atoms with Gasteiger partial charge in [-0.3, -0.25) is 4.79 Å². The van der Waals surface area contributed by atoms with Crippen LogP contribution in [0.2, 0.25) is 0 Å². The van der Waals surface area contributed by atoms with Crippen LogP contribution in [0, 0.1) is 0 Å². The van der Waals surface area contributed by atoms with E-state index in [1.54, 1.807) is 27.9 Å². The molecule has 196 valence electrons. The minimum absolute atomic E-state index is 0.307. The Morgan fingerprint density at radius 3 is 2.14 bits per heavy atom. The average molecular weight is 490 g/mol. The van der Waals surface area contributed by atoms with Gasteiger partial charge in [-0.25, -0.2) is 4.79 Å². The molecule has 1 aromatic carbocycles. The molecule has 1 heterocycles. The lowest BCUT2D eigenvalue weighted by molar-refractivity contribution is -0.124. The second-order valence-corrected chi connectivity index (χ2v) is 11.1. The summed E-state index contributed by atoms with van der Waals surface area (Å²) in [5.41, 5.74) is -0.486. The van der Waals surface area contributed by atoms with Crippen molar-refractivity contribution in [3.05, 3.63) is 35.9 Å². The normalized spacial score (nSPS) is 18.6. The van der Waals surface area contributed by atoms with E-state index in [4.69, 9.17) is 18.8 Å². The number of carbonyl (C=O) groups excluding carboxylic acids is 2. The van der Waals surface area contributed by atoms with E-state index in [-0.39, 0.29) is 5.91 Å². The van der Waals surface area contributed by atoms with E-state index >= 15 is 0 Å². The number of carbonyl (C=O) groups is 2. The summed E-state index contributed by atoms with van der Waals surface area (Å²) in [6.45, 7) is 13.6. The highest BCUT2D eigenvalue weighted by atomic mass is 16.7. The predicted octanol–water partition coefficient (Wildman–Crippen LogP) is 4.06. The topological polar surface area (TPSA) is 95.1 Å². The highest BCUT2D eigenvalue weighted by Gasteiger charge is 2.54. The Morgan fingerprint density at radius 1 is 1.00 bits per heavy atom. The zero-order valence-corrected chi connectivity index (χ0v) is 22.6. The first-order valence-electron chi connectivity index (χ1n) is 12.4. The number of hydrogen-bond donors (Lipinski definition) is 2. The van der Waals surface area contributed by atoms with Gasteiger partial charge in [0.25, 0.3) is 0 Å². The van der Waals surface area contributed by atoms with Crippen molar-refractivity contribution in [3.63, 3.8) is 0 Å². The Morgan fingerprint density at radius 2 is 1.60 bits per heavy atom. The fourth-order valence-corrected chi connectivity index (χ4v) is 3.74. The van der Waals surface area contributed by atoms with Gasteiger partial charge in [-0.2, -0.15) is 0 Å². The number of benzene rings is 1. The third-order valence-electron chi connectivity index (χ3n) is 6.37. The van der Waals surface area contributed by atoms with Gasteiger partial charge < -0.3 is 29.4 Å². The number of nitrogens with one attached hydrogen (secondary N) is 2. The van der Waals surface area contributed by atoms with Crippen molar-refractivity contribution in [3.8, 4) is 0 Å². The van der Waals surface area contributed by atoms with E-state index in [0.29, 0.717) is 19.4 Å². The quantitative estimate of drug-likeness (QED) is 0.455. The van der Waals surface area contributed by atoms with Crippen molar-refractivity contribution < 1.29 is 28.4 Å². The van der Waals surface area contributed by atoms with Gasteiger partial charge in [-0.1, -0.05) is 30.3 Å². The Labute approximate surface area is 210 Å². The molecule has 2 N–H and O–H groups in total. The summed E-state index contributed by atoms with van der Waals surface area (Å²) >= 11 is 0. The summed E-state index contributed by atoms with van der Waals surface area (Å²) in [5, 5.41) is 5.77. The molecule has 1 aromatic rings. The monoisotopic (exact) mass is 490 g/mol. The summed E-state index contributed by atoms with van der Waals surface area (Å²) in [4.78, 5) is 25.7. The molecule has 0 spiro atoms. The number of aryl methyl sites for hydroxylation is 1. The first kappa shape index (κ1) is 29.1. The lowest BCUT2D eigenvalue weighted by Crippen LogP contribution is -2.55. The molecule has 0 aromatic heterocycles. The SMILES string of the molecule is COCC[C@@H](NC(=O)OC(C)(C)C)C(=O)N[C@@H](CCCc1ccccc1)B1OC(C)(C)C(C)(C)O1. The van der Waals surface area contributed by atoms with Crippen LogP contribution in [0.1, 0.15) is 73.3 Å². The van der Waals surface area contributed by atoms with Crippen LogP contribution in [0.15, 0.2) is 30.3 Å². The molecule has 2 amide bonds. The molecule has 1 aliphatic heterocycles. The molecule has 0 bridgehead atoms. The molecule has 9 heteroatoms. The van der Waals surface area contributed by atoms with Crippen LogP contribution in [0.3, 0.4) is 0 Å². The number of amides is 2. The van der Waals surface area contributed by atoms with Gasteiger partial charge in [-0.15, -0.1) is 0 Å². The smallest absolute Gasteiger partial charge is 0.444 e. The number of ether oxygens (including phenoxy) is 2. The maximum Gasteiger partial charge on any atom is 0.481 e. The van der Waals surface area contributed by atoms with Gasteiger partial charge in [0, 0.05) is 20.1 Å². The lowest BCUT2D eigenvalue weighted by Gasteiger charge is -2.32. The molecule has 0 saturated carbocycles. The maximum atomic E-state index is 13.3. The fourth-order valence-electron chi connectivity index (χ4n) is 3.74. The molecule has 0 aliphatic carbocycles. The van der Waals surface area contributed by atoms with Crippen LogP contribution in [-0.2, 0) is 30.0 Å². The zero-order valence-electron chi connectivity index (χ0n) is 22.6. The molecular formula is C26H43BN2O6. The van der Waals surface area contributed by atoms with Crippen LogP contribution in [0.5, 0.6) is 0 Å². The van der Waals surface area contributed by atoms with Crippen molar-refractivity contribution in [2.45, 2.75) is 103 Å². The van der Waals surface area contributed by atoms with Gasteiger partial charge in [0.1, 0.15) is 11.6 Å².